The number of hydrogen-bond donors (Lipinski definition) is 1. The van der Waals surface area contributed by atoms with Crippen LogP contribution in [-0.2, 0) is 19.3 Å². The molecule has 0 saturated heterocycles. The average Bonchev–Trinajstić information content (AvgIpc) is 3.08. The molecule has 0 radical (unpaired) electrons. The zero-order valence-electron chi connectivity index (χ0n) is 11.9. The van der Waals surface area contributed by atoms with Crippen molar-refractivity contribution in [3.8, 4) is 0 Å². The molecule has 3 nitrogen and oxygen atoms in total. The molecule has 1 aromatic heterocycles. The van der Waals surface area contributed by atoms with Crippen LogP contribution in [0.2, 0.25) is 0 Å². The van der Waals surface area contributed by atoms with Gasteiger partial charge in [0.25, 0.3) is 5.91 Å². The van der Waals surface area contributed by atoms with Gasteiger partial charge in [0.1, 0.15) is 0 Å². The molecular formula is C17H18N2OS. The number of anilines is 2. The molecule has 0 spiro atoms. The first-order valence-corrected chi connectivity index (χ1v) is 8.36. The molecule has 1 aliphatic heterocycles. The van der Waals surface area contributed by atoms with Gasteiger partial charge in [0.2, 0.25) is 0 Å². The molecule has 0 atom stereocenters. The first-order chi connectivity index (χ1) is 10.2. The quantitative estimate of drug-likeness (QED) is 0.820. The van der Waals surface area contributed by atoms with Crippen molar-refractivity contribution in [2.24, 2.45) is 0 Å². The normalized spacial score (nSPS) is 16.7. The molecule has 0 bridgehead atoms. The zero-order valence-corrected chi connectivity index (χ0v) is 12.7. The molecule has 21 heavy (non-hydrogen) atoms. The van der Waals surface area contributed by atoms with Crippen LogP contribution in [-0.4, -0.2) is 12.5 Å². The number of rotatable bonds is 1. The molecule has 0 unspecified atom stereocenters. The van der Waals surface area contributed by atoms with Crippen molar-refractivity contribution < 1.29 is 4.79 Å². The molecule has 2 aromatic rings. The highest BCUT2D eigenvalue weighted by Crippen LogP contribution is 2.35. The zero-order chi connectivity index (χ0) is 14.4. The lowest BCUT2D eigenvalue weighted by molar-refractivity contribution is 0.0989. The molecule has 2 N–H and O–H groups in total. The Balaban J connectivity index is 1.71. The lowest BCUT2D eigenvalue weighted by Gasteiger charge is -2.30. The third-order valence-corrected chi connectivity index (χ3v) is 5.71. The highest BCUT2D eigenvalue weighted by molar-refractivity contribution is 7.14. The van der Waals surface area contributed by atoms with Crippen LogP contribution in [0, 0.1) is 0 Å². The number of nitrogens with zero attached hydrogens (tertiary/aromatic N) is 1. The third kappa shape index (κ3) is 2.05. The third-order valence-electron chi connectivity index (χ3n) is 4.49. The van der Waals surface area contributed by atoms with Crippen molar-refractivity contribution in [1.29, 1.82) is 0 Å². The number of thiophene rings is 1. The number of carbonyl (C=O) groups excluding carboxylic acids is 1. The standard InChI is InChI=1S/C17H18N2OS/c18-13-6-2-7-14-12(13)5-3-9-19(14)17(20)16-10-11-4-1-8-15(11)21-16/h2,6-7,10H,1,3-5,8-9,18H2. The Labute approximate surface area is 128 Å². The molecule has 1 aromatic carbocycles. The number of benzene rings is 1. The van der Waals surface area contributed by atoms with Crippen molar-refractivity contribution in [2.45, 2.75) is 32.1 Å². The van der Waals surface area contributed by atoms with Gasteiger partial charge in [-0.25, -0.2) is 0 Å². The molecule has 0 saturated carbocycles. The number of carbonyl (C=O) groups is 1. The van der Waals surface area contributed by atoms with Crippen molar-refractivity contribution in [2.75, 3.05) is 17.2 Å². The minimum absolute atomic E-state index is 0.140. The maximum Gasteiger partial charge on any atom is 0.268 e. The average molecular weight is 298 g/mol. The van der Waals surface area contributed by atoms with E-state index in [1.165, 1.54) is 16.9 Å². The minimum Gasteiger partial charge on any atom is -0.398 e. The van der Waals surface area contributed by atoms with Crippen LogP contribution in [0.5, 0.6) is 0 Å². The maximum absolute atomic E-state index is 12.9. The van der Waals surface area contributed by atoms with Gasteiger partial charge in [-0.3, -0.25) is 4.79 Å². The second-order valence-corrected chi connectivity index (χ2v) is 6.95. The van der Waals surface area contributed by atoms with E-state index in [2.05, 4.69) is 6.07 Å². The number of aryl methyl sites for hydroxylation is 2. The Morgan fingerprint density at radius 2 is 2.10 bits per heavy atom. The molecule has 4 heteroatoms. The van der Waals surface area contributed by atoms with Crippen LogP contribution in [0.1, 0.15) is 38.5 Å². The summed E-state index contributed by atoms with van der Waals surface area (Å²) in [4.78, 5) is 17.1. The van der Waals surface area contributed by atoms with Crippen LogP contribution < -0.4 is 10.6 Å². The summed E-state index contributed by atoms with van der Waals surface area (Å²) in [6.45, 7) is 0.790. The number of hydrogen-bond acceptors (Lipinski definition) is 3. The Hall–Kier alpha value is -1.81. The van der Waals surface area contributed by atoms with E-state index in [-0.39, 0.29) is 5.91 Å². The van der Waals surface area contributed by atoms with E-state index < -0.39 is 0 Å². The fourth-order valence-corrected chi connectivity index (χ4v) is 4.63. The first-order valence-electron chi connectivity index (χ1n) is 7.55. The predicted molar refractivity (Wildman–Crippen MR) is 87.2 cm³/mol. The fourth-order valence-electron chi connectivity index (χ4n) is 3.43. The Kier molecular flexibility index (Phi) is 3.00. The summed E-state index contributed by atoms with van der Waals surface area (Å²) in [6, 6.07) is 7.99. The number of nitrogen functional groups attached to an aromatic ring is 1. The smallest absolute Gasteiger partial charge is 0.268 e. The lowest BCUT2D eigenvalue weighted by atomic mass is 9.99. The highest BCUT2D eigenvalue weighted by Gasteiger charge is 2.27. The van der Waals surface area contributed by atoms with Crippen LogP contribution >= 0.6 is 11.3 Å². The van der Waals surface area contributed by atoms with Gasteiger partial charge in [0.05, 0.1) is 4.88 Å². The maximum atomic E-state index is 12.9. The highest BCUT2D eigenvalue weighted by atomic mass is 32.1. The summed E-state index contributed by atoms with van der Waals surface area (Å²) in [5.74, 6) is 0.140. The number of fused-ring (bicyclic) bond motifs is 2. The monoisotopic (exact) mass is 298 g/mol. The van der Waals surface area contributed by atoms with E-state index in [1.807, 2.05) is 23.1 Å². The second kappa shape index (κ2) is 4.88. The molecule has 1 aliphatic carbocycles. The largest absolute Gasteiger partial charge is 0.398 e. The number of amides is 1. The topological polar surface area (TPSA) is 46.3 Å². The van der Waals surface area contributed by atoms with Crippen LogP contribution in [0.3, 0.4) is 0 Å². The van der Waals surface area contributed by atoms with Gasteiger partial charge in [-0.05, 0) is 61.4 Å². The van der Waals surface area contributed by atoms with Gasteiger partial charge < -0.3 is 10.6 Å². The van der Waals surface area contributed by atoms with Gasteiger partial charge in [-0.15, -0.1) is 11.3 Å². The van der Waals surface area contributed by atoms with Crippen molar-refractivity contribution in [3.05, 3.63) is 45.1 Å². The SMILES string of the molecule is Nc1cccc2c1CCCN2C(=O)c1cc2c(s1)CCC2. The van der Waals surface area contributed by atoms with E-state index in [9.17, 15) is 4.79 Å². The van der Waals surface area contributed by atoms with Gasteiger partial charge in [-0.1, -0.05) is 6.07 Å². The van der Waals surface area contributed by atoms with E-state index in [0.717, 1.165) is 54.0 Å². The molecule has 0 fully saturated rings. The fraction of sp³-hybridized carbons (Fsp3) is 0.353. The summed E-state index contributed by atoms with van der Waals surface area (Å²) < 4.78 is 0. The van der Waals surface area contributed by atoms with Crippen molar-refractivity contribution in [1.82, 2.24) is 0 Å². The van der Waals surface area contributed by atoms with E-state index in [1.54, 1.807) is 11.3 Å². The van der Waals surface area contributed by atoms with Crippen molar-refractivity contribution in [3.63, 3.8) is 0 Å². The summed E-state index contributed by atoms with van der Waals surface area (Å²) in [6.07, 6.45) is 5.45. The van der Waals surface area contributed by atoms with E-state index in [0.29, 0.717) is 0 Å². The van der Waals surface area contributed by atoms with Gasteiger partial charge in [0.15, 0.2) is 0 Å². The summed E-state index contributed by atoms with van der Waals surface area (Å²) in [5.41, 5.74) is 10.4. The molecule has 108 valence electrons. The Bertz CT molecular complexity index is 698. The Morgan fingerprint density at radius 3 is 2.95 bits per heavy atom. The molecule has 2 aliphatic rings. The van der Waals surface area contributed by atoms with Crippen LogP contribution in [0.25, 0.3) is 0 Å². The first kappa shape index (κ1) is 12.9. The van der Waals surface area contributed by atoms with Crippen molar-refractivity contribution >= 4 is 28.6 Å². The molecule has 2 heterocycles. The molecule has 1 amide bonds. The van der Waals surface area contributed by atoms with Crippen LogP contribution in [0.4, 0.5) is 11.4 Å². The van der Waals surface area contributed by atoms with E-state index >= 15 is 0 Å². The second-order valence-electron chi connectivity index (χ2n) is 5.82. The Morgan fingerprint density at radius 1 is 1.19 bits per heavy atom. The molecule has 4 rings (SSSR count). The van der Waals surface area contributed by atoms with Gasteiger partial charge in [-0.2, -0.15) is 0 Å². The molecular weight excluding hydrogens is 280 g/mol. The summed E-state index contributed by atoms with van der Waals surface area (Å²) in [7, 11) is 0. The minimum atomic E-state index is 0.140. The lowest BCUT2D eigenvalue weighted by Crippen LogP contribution is -2.35. The van der Waals surface area contributed by atoms with Gasteiger partial charge in [0, 0.05) is 22.8 Å². The number of nitrogens with two attached hydrogens (primary N) is 1. The predicted octanol–water partition coefficient (Wildman–Crippen LogP) is 3.41. The van der Waals surface area contributed by atoms with E-state index in [4.69, 9.17) is 5.73 Å². The van der Waals surface area contributed by atoms with Gasteiger partial charge >= 0.3 is 0 Å². The summed E-state index contributed by atoms with van der Waals surface area (Å²) >= 11 is 1.68. The summed E-state index contributed by atoms with van der Waals surface area (Å²) in [5, 5.41) is 0. The van der Waals surface area contributed by atoms with Crippen LogP contribution in [0.15, 0.2) is 24.3 Å².